The molecule has 0 saturated carbocycles. The number of aromatic nitrogens is 1. The molecule has 2 rings (SSSR count). The van der Waals surface area contributed by atoms with E-state index in [1.54, 1.807) is 24.7 Å². The highest BCUT2D eigenvalue weighted by atomic mass is 16.3. The van der Waals surface area contributed by atoms with Gasteiger partial charge >= 0.3 is 0 Å². The third-order valence-corrected chi connectivity index (χ3v) is 2.07. The Morgan fingerprint density at radius 3 is 3.23 bits per heavy atom. The molecule has 0 aliphatic carbocycles. The van der Waals surface area contributed by atoms with Gasteiger partial charge in [-0.1, -0.05) is 0 Å². The number of furan rings is 1. The monoisotopic (exact) mass is 172 g/mol. The summed E-state index contributed by atoms with van der Waals surface area (Å²) < 4.78 is 5.28. The first-order valence-electron chi connectivity index (χ1n) is 4.03. The van der Waals surface area contributed by atoms with Crippen LogP contribution in [-0.2, 0) is 0 Å². The van der Waals surface area contributed by atoms with Gasteiger partial charge in [-0.2, -0.15) is 5.26 Å². The van der Waals surface area contributed by atoms with Gasteiger partial charge in [0.15, 0.2) is 0 Å². The number of nitriles is 1. The lowest BCUT2D eigenvalue weighted by atomic mass is 10.0. The van der Waals surface area contributed by atoms with Crippen molar-refractivity contribution in [2.75, 3.05) is 0 Å². The van der Waals surface area contributed by atoms with Gasteiger partial charge in [0.2, 0.25) is 0 Å². The summed E-state index contributed by atoms with van der Waals surface area (Å²) in [5, 5.41) is 9.68. The number of rotatable bonds is 1. The molecule has 0 N–H and O–H groups in total. The van der Waals surface area contributed by atoms with E-state index in [1.165, 1.54) is 0 Å². The lowest BCUT2D eigenvalue weighted by molar-refractivity contribution is 0.609. The van der Waals surface area contributed by atoms with Gasteiger partial charge in [-0.05, 0) is 13.0 Å². The molecule has 0 saturated heterocycles. The van der Waals surface area contributed by atoms with Crippen LogP contribution < -0.4 is 0 Å². The maximum Gasteiger partial charge on any atom is 0.137 e. The van der Waals surface area contributed by atoms with Crippen molar-refractivity contribution in [3.8, 4) is 6.07 Å². The zero-order valence-electron chi connectivity index (χ0n) is 7.19. The van der Waals surface area contributed by atoms with Crippen molar-refractivity contribution < 1.29 is 4.42 Å². The minimum Gasteiger partial charge on any atom is -0.464 e. The van der Waals surface area contributed by atoms with E-state index in [1.807, 2.05) is 6.92 Å². The Morgan fingerprint density at radius 1 is 1.62 bits per heavy atom. The normalized spacial score (nSPS) is 12.6. The first-order chi connectivity index (χ1) is 6.33. The van der Waals surface area contributed by atoms with E-state index >= 15 is 0 Å². The van der Waals surface area contributed by atoms with Gasteiger partial charge in [0, 0.05) is 23.3 Å². The summed E-state index contributed by atoms with van der Waals surface area (Å²) in [5.74, 6) is -0.148. The summed E-state index contributed by atoms with van der Waals surface area (Å²) in [6.45, 7) is 1.84. The fraction of sp³-hybridized carbons (Fsp3) is 0.200. The smallest absolute Gasteiger partial charge is 0.137 e. The van der Waals surface area contributed by atoms with Crippen molar-refractivity contribution in [2.24, 2.45) is 0 Å². The van der Waals surface area contributed by atoms with Crippen molar-refractivity contribution in [3.63, 3.8) is 0 Å². The predicted molar refractivity (Wildman–Crippen MR) is 48.0 cm³/mol. The first kappa shape index (κ1) is 7.81. The van der Waals surface area contributed by atoms with E-state index in [-0.39, 0.29) is 5.92 Å². The standard InChI is InChI=1S/C10H8N2O/c1-7(4-11)9-6-13-10-2-3-12-5-8(9)10/h2-3,5-7H,1H3. The average Bonchev–Trinajstić information content (AvgIpc) is 2.60. The van der Waals surface area contributed by atoms with Gasteiger partial charge in [0.1, 0.15) is 5.58 Å². The number of pyridine rings is 1. The average molecular weight is 172 g/mol. The zero-order chi connectivity index (χ0) is 9.26. The maximum atomic E-state index is 8.75. The van der Waals surface area contributed by atoms with Gasteiger partial charge in [-0.15, -0.1) is 0 Å². The van der Waals surface area contributed by atoms with Crippen LogP contribution in [0.1, 0.15) is 18.4 Å². The molecule has 2 heterocycles. The molecular weight excluding hydrogens is 164 g/mol. The summed E-state index contributed by atoms with van der Waals surface area (Å²) >= 11 is 0. The molecule has 3 nitrogen and oxygen atoms in total. The van der Waals surface area contributed by atoms with Crippen LogP contribution in [0.5, 0.6) is 0 Å². The largest absolute Gasteiger partial charge is 0.464 e. The zero-order valence-corrected chi connectivity index (χ0v) is 7.19. The lowest BCUT2D eigenvalue weighted by Crippen LogP contribution is -1.86. The molecule has 1 atom stereocenters. The molecule has 0 radical (unpaired) electrons. The van der Waals surface area contributed by atoms with Crippen LogP contribution in [0.3, 0.4) is 0 Å². The molecule has 2 aromatic heterocycles. The van der Waals surface area contributed by atoms with Crippen LogP contribution >= 0.6 is 0 Å². The molecule has 13 heavy (non-hydrogen) atoms. The predicted octanol–water partition coefficient (Wildman–Crippen LogP) is 2.45. The van der Waals surface area contributed by atoms with E-state index < -0.39 is 0 Å². The fourth-order valence-electron chi connectivity index (χ4n) is 1.30. The van der Waals surface area contributed by atoms with E-state index in [9.17, 15) is 0 Å². The van der Waals surface area contributed by atoms with E-state index in [2.05, 4.69) is 11.1 Å². The highest BCUT2D eigenvalue weighted by molar-refractivity contribution is 5.80. The van der Waals surface area contributed by atoms with Gasteiger partial charge in [-0.3, -0.25) is 4.98 Å². The van der Waals surface area contributed by atoms with Gasteiger partial charge in [0.25, 0.3) is 0 Å². The van der Waals surface area contributed by atoms with Crippen LogP contribution in [0.2, 0.25) is 0 Å². The number of hydrogen-bond donors (Lipinski definition) is 0. The molecule has 0 bridgehead atoms. The van der Waals surface area contributed by atoms with Gasteiger partial charge in [-0.25, -0.2) is 0 Å². The van der Waals surface area contributed by atoms with Crippen LogP contribution in [0, 0.1) is 11.3 Å². The van der Waals surface area contributed by atoms with Gasteiger partial charge in [0.05, 0.1) is 18.3 Å². The van der Waals surface area contributed by atoms with Gasteiger partial charge < -0.3 is 4.42 Å². The minimum atomic E-state index is -0.148. The van der Waals surface area contributed by atoms with Crippen LogP contribution in [0.4, 0.5) is 0 Å². The quantitative estimate of drug-likeness (QED) is 0.663. The first-order valence-corrected chi connectivity index (χ1v) is 4.03. The third kappa shape index (κ3) is 1.17. The second-order valence-electron chi connectivity index (χ2n) is 2.91. The Kier molecular flexibility index (Phi) is 1.75. The maximum absolute atomic E-state index is 8.75. The second-order valence-corrected chi connectivity index (χ2v) is 2.91. The van der Waals surface area contributed by atoms with E-state index in [0.29, 0.717) is 0 Å². The molecule has 2 aromatic rings. The molecule has 0 aliphatic heterocycles. The number of fused-ring (bicyclic) bond motifs is 1. The molecule has 0 aliphatic rings. The van der Waals surface area contributed by atoms with Crippen LogP contribution in [-0.4, -0.2) is 4.98 Å². The summed E-state index contributed by atoms with van der Waals surface area (Å²) in [5.41, 5.74) is 1.69. The Hall–Kier alpha value is -1.82. The summed E-state index contributed by atoms with van der Waals surface area (Å²) in [4.78, 5) is 3.99. The van der Waals surface area contributed by atoms with E-state index in [4.69, 9.17) is 9.68 Å². The molecule has 0 fully saturated rings. The molecule has 3 heteroatoms. The van der Waals surface area contributed by atoms with Crippen molar-refractivity contribution in [3.05, 3.63) is 30.3 Å². The molecule has 0 amide bonds. The summed E-state index contributed by atoms with van der Waals surface area (Å²) in [6.07, 6.45) is 5.02. The molecule has 0 aromatic carbocycles. The van der Waals surface area contributed by atoms with Crippen molar-refractivity contribution >= 4 is 11.0 Å². The molecule has 64 valence electrons. The second kappa shape index (κ2) is 2.91. The molecule has 1 unspecified atom stereocenters. The van der Waals surface area contributed by atoms with Crippen molar-refractivity contribution in [1.29, 1.82) is 5.26 Å². The SMILES string of the molecule is CC(C#N)c1coc2ccncc12. The van der Waals surface area contributed by atoms with E-state index in [0.717, 1.165) is 16.5 Å². The van der Waals surface area contributed by atoms with Crippen molar-refractivity contribution in [2.45, 2.75) is 12.8 Å². The lowest BCUT2D eigenvalue weighted by Gasteiger charge is -1.96. The molecule has 0 spiro atoms. The van der Waals surface area contributed by atoms with Crippen LogP contribution in [0.15, 0.2) is 29.1 Å². The summed E-state index contributed by atoms with van der Waals surface area (Å²) in [7, 11) is 0. The third-order valence-electron chi connectivity index (χ3n) is 2.07. The summed E-state index contributed by atoms with van der Waals surface area (Å²) in [6, 6.07) is 3.97. The molecular formula is C10H8N2O. The highest BCUT2D eigenvalue weighted by Gasteiger charge is 2.11. The van der Waals surface area contributed by atoms with Crippen molar-refractivity contribution in [1.82, 2.24) is 4.98 Å². The highest BCUT2D eigenvalue weighted by Crippen LogP contribution is 2.25. The Balaban J connectivity index is 2.66. The number of nitrogens with zero attached hydrogens (tertiary/aromatic N) is 2. The fourth-order valence-corrected chi connectivity index (χ4v) is 1.30. The topological polar surface area (TPSA) is 49.8 Å². The Morgan fingerprint density at radius 2 is 2.46 bits per heavy atom. The Bertz CT molecular complexity index is 467. The Labute approximate surface area is 75.6 Å². The number of hydrogen-bond acceptors (Lipinski definition) is 3. The minimum absolute atomic E-state index is 0.148. The van der Waals surface area contributed by atoms with Crippen LogP contribution in [0.25, 0.3) is 11.0 Å².